The molecule has 7 heteroatoms. The standard InChI is InChI=1S/C23H22Cl2N4O/c1-15-21(23(30)28(2)13-11-16-6-4-3-5-7-16)22(29-20(27-15)10-12-26-29)17-8-9-18(24)19(25)14-17/h3-10,12,14,22,27H,11,13H2,1-2H3. The largest absolute Gasteiger partial charge is 0.344 e. The highest BCUT2D eigenvalue weighted by molar-refractivity contribution is 6.42. The van der Waals surface area contributed by atoms with Crippen molar-refractivity contribution in [2.45, 2.75) is 19.4 Å². The van der Waals surface area contributed by atoms with Crippen molar-refractivity contribution in [1.29, 1.82) is 0 Å². The summed E-state index contributed by atoms with van der Waals surface area (Å²) < 4.78 is 1.81. The molecule has 0 saturated carbocycles. The van der Waals surface area contributed by atoms with Crippen molar-refractivity contribution in [2.75, 3.05) is 18.9 Å². The number of likely N-dealkylation sites (N-methyl/N-ethyl adjacent to an activating group) is 1. The molecule has 154 valence electrons. The first-order valence-electron chi connectivity index (χ1n) is 9.71. The average molecular weight is 441 g/mol. The van der Waals surface area contributed by atoms with Gasteiger partial charge in [-0.25, -0.2) is 4.68 Å². The van der Waals surface area contributed by atoms with Gasteiger partial charge in [-0.3, -0.25) is 4.79 Å². The summed E-state index contributed by atoms with van der Waals surface area (Å²) in [5.41, 5.74) is 3.49. The Hall–Kier alpha value is -2.76. The van der Waals surface area contributed by atoms with Gasteiger partial charge in [0, 0.05) is 25.4 Å². The molecule has 1 N–H and O–H groups in total. The summed E-state index contributed by atoms with van der Waals surface area (Å²) in [6.45, 7) is 2.53. The highest BCUT2D eigenvalue weighted by atomic mass is 35.5. The molecule has 2 aromatic carbocycles. The highest BCUT2D eigenvalue weighted by Gasteiger charge is 2.34. The molecule has 0 bridgehead atoms. The summed E-state index contributed by atoms with van der Waals surface area (Å²) in [7, 11) is 1.83. The molecule has 0 fully saturated rings. The summed E-state index contributed by atoms with van der Waals surface area (Å²) in [6, 6.07) is 17.1. The van der Waals surface area contributed by atoms with E-state index < -0.39 is 6.04 Å². The Bertz CT molecular complexity index is 1110. The van der Waals surface area contributed by atoms with Crippen molar-refractivity contribution in [1.82, 2.24) is 14.7 Å². The van der Waals surface area contributed by atoms with Gasteiger partial charge in [-0.15, -0.1) is 0 Å². The lowest BCUT2D eigenvalue weighted by atomic mass is 9.94. The first kappa shape index (κ1) is 20.5. The van der Waals surface area contributed by atoms with E-state index in [1.807, 2.05) is 49.0 Å². The Labute approximate surface area is 185 Å². The number of nitrogens with one attached hydrogen (secondary N) is 1. The van der Waals surface area contributed by atoms with E-state index in [0.717, 1.165) is 23.5 Å². The van der Waals surface area contributed by atoms with Gasteiger partial charge in [-0.1, -0.05) is 59.6 Å². The fourth-order valence-electron chi connectivity index (χ4n) is 3.72. The summed E-state index contributed by atoms with van der Waals surface area (Å²) in [5, 5.41) is 8.68. The molecule has 0 radical (unpaired) electrons. The van der Waals surface area contributed by atoms with Crippen molar-refractivity contribution < 1.29 is 4.79 Å². The van der Waals surface area contributed by atoms with Crippen molar-refractivity contribution in [3.8, 4) is 0 Å². The van der Waals surface area contributed by atoms with Crippen LogP contribution in [0.15, 0.2) is 72.1 Å². The van der Waals surface area contributed by atoms with Crippen LogP contribution >= 0.6 is 23.2 Å². The third kappa shape index (κ3) is 3.95. The number of benzene rings is 2. The van der Waals surface area contributed by atoms with E-state index in [4.69, 9.17) is 23.2 Å². The second kappa shape index (κ2) is 8.54. The topological polar surface area (TPSA) is 50.2 Å². The second-order valence-corrected chi connectivity index (χ2v) is 8.18. The minimum atomic E-state index is -0.391. The third-order valence-corrected chi connectivity index (χ3v) is 6.06. The Morgan fingerprint density at radius 1 is 1.13 bits per heavy atom. The molecule has 2 heterocycles. The molecule has 0 saturated heterocycles. The van der Waals surface area contributed by atoms with E-state index in [0.29, 0.717) is 22.2 Å². The number of hydrogen-bond acceptors (Lipinski definition) is 3. The van der Waals surface area contributed by atoms with Gasteiger partial charge >= 0.3 is 0 Å². The van der Waals surface area contributed by atoms with Gasteiger partial charge in [-0.05, 0) is 36.6 Å². The van der Waals surface area contributed by atoms with Gasteiger partial charge in [0.05, 0.1) is 21.8 Å². The van der Waals surface area contributed by atoms with E-state index in [9.17, 15) is 4.79 Å². The summed E-state index contributed by atoms with van der Waals surface area (Å²) in [6.07, 6.45) is 2.50. The van der Waals surface area contributed by atoms with Crippen LogP contribution < -0.4 is 5.32 Å². The van der Waals surface area contributed by atoms with Gasteiger partial charge in [-0.2, -0.15) is 5.10 Å². The number of carbonyl (C=O) groups is 1. The minimum Gasteiger partial charge on any atom is -0.344 e. The molecule has 1 aliphatic rings. The van der Waals surface area contributed by atoms with Crippen LogP contribution in [0.2, 0.25) is 10.0 Å². The molecule has 1 atom stereocenters. The smallest absolute Gasteiger partial charge is 0.253 e. The van der Waals surface area contributed by atoms with Gasteiger partial charge in [0.2, 0.25) is 0 Å². The molecule has 1 unspecified atom stereocenters. The Kier molecular flexibility index (Phi) is 5.84. The lowest BCUT2D eigenvalue weighted by Crippen LogP contribution is -2.37. The number of nitrogens with zero attached hydrogens (tertiary/aromatic N) is 3. The number of aromatic nitrogens is 2. The molecule has 4 rings (SSSR count). The minimum absolute atomic E-state index is 0.0480. The van der Waals surface area contributed by atoms with Crippen LogP contribution in [0.3, 0.4) is 0 Å². The molecule has 1 amide bonds. The normalized spacial score (nSPS) is 15.5. The van der Waals surface area contributed by atoms with Crippen molar-refractivity contribution >= 4 is 34.9 Å². The molecule has 30 heavy (non-hydrogen) atoms. The summed E-state index contributed by atoms with van der Waals surface area (Å²) in [4.78, 5) is 15.3. The molecular formula is C23H22Cl2N4O. The third-order valence-electron chi connectivity index (χ3n) is 5.32. The van der Waals surface area contributed by atoms with Gasteiger partial charge in [0.1, 0.15) is 11.9 Å². The molecule has 1 aromatic heterocycles. The Morgan fingerprint density at radius 2 is 1.90 bits per heavy atom. The van der Waals surface area contributed by atoms with Crippen LogP contribution in [0.5, 0.6) is 0 Å². The van der Waals surface area contributed by atoms with E-state index in [1.54, 1.807) is 23.2 Å². The number of halogens is 2. The average Bonchev–Trinajstić information content (AvgIpc) is 3.21. The number of rotatable bonds is 5. The number of amides is 1. The zero-order valence-corrected chi connectivity index (χ0v) is 18.3. The first-order chi connectivity index (χ1) is 14.5. The molecular weight excluding hydrogens is 419 g/mol. The van der Waals surface area contributed by atoms with Crippen LogP contribution in [0.4, 0.5) is 5.82 Å². The molecule has 1 aliphatic heterocycles. The van der Waals surface area contributed by atoms with Crippen LogP contribution in [-0.4, -0.2) is 34.2 Å². The number of fused-ring (bicyclic) bond motifs is 1. The lowest BCUT2D eigenvalue weighted by Gasteiger charge is -2.32. The maximum Gasteiger partial charge on any atom is 0.253 e. The molecule has 0 spiro atoms. The fourth-order valence-corrected chi connectivity index (χ4v) is 4.03. The maximum atomic E-state index is 13.5. The van der Waals surface area contributed by atoms with Gasteiger partial charge in [0.15, 0.2) is 0 Å². The van der Waals surface area contributed by atoms with E-state index >= 15 is 0 Å². The quantitative estimate of drug-likeness (QED) is 0.594. The zero-order valence-electron chi connectivity index (χ0n) is 16.8. The van der Waals surface area contributed by atoms with Crippen molar-refractivity contribution in [2.24, 2.45) is 0 Å². The van der Waals surface area contributed by atoms with Gasteiger partial charge < -0.3 is 10.2 Å². The molecule has 3 aromatic rings. The van der Waals surface area contributed by atoms with E-state index in [1.165, 1.54) is 5.56 Å². The van der Waals surface area contributed by atoms with Crippen LogP contribution in [0, 0.1) is 0 Å². The van der Waals surface area contributed by atoms with E-state index in [2.05, 4.69) is 22.5 Å². The Morgan fingerprint density at radius 3 is 2.63 bits per heavy atom. The summed E-state index contributed by atoms with van der Waals surface area (Å²) in [5.74, 6) is 0.778. The molecule has 5 nitrogen and oxygen atoms in total. The summed E-state index contributed by atoms with van der Waals surface area (Å²) >= 11 is 12.4. The molecule has 0 aliphatic carbocycles. The van der Waals surface area contributed by atoms with E-state index in [-0.39, 0.29) is 5.91 Å². The zero-order chi connectivity index (χ0) is 21.3. The predicted molar refractivity (Wildman–Crippen MR) is 121 cm³/mol. The number of carbonyl (C=O) groups excluding carboxylic acids is 1. The highest BCUT2D eigenvalue weighted by Crippen LogP contribution is 2.38. The number of hydrogen-bond donors (Lipinski definition) is 1. The monoisotopic (exact) mass is 440 g/mol. The van der Waals surface area contributed by atoms with Crippen molar-refractivity contribution in [3.63, 3.8) is 0 Å². The van der Waals surface area contributed by atoms with Crippen molar-refractivity contribution in [3.05, 3.63) is 93.2 Å². The van der Waals surface area contributed by atoms with Crippen LogP contribution in [0.25, 0.3) is 0 Å². The van der Waals surface area contributed by atoms with Gasteiger partial charge in [0.25, 0.3) is 5.91 Å². The number of anilines is 1. The Balaban J connectivity index is 1.66. The van der Waals surface area contributed by atoms with Crippen LogP contribution in [-0.2, 0) is 11.2 Å². The van der Waals surface area contributed by atoms with Crippen LogP contribution in [0.1, 0.15) is 24.1 Å². The maximum absolute atomic E-state index is 13.5. The number of allylic oxidation sites excluding steroid dienone is 1. The lowest BCUT2D eigenvalue weighted by molar-refractivity contribution is -0.126. The fraction of sp³-hybridized carbons (Fsp3) is 0.217. The second-order valence-electron chi connectivity index (χ2n) is 7.36. The SMILES string of the molecule is CC1=C(C(=O)N(C)CCc2ccccc2)C(c2ccc(Cl)c(Cl)c2)n2nccc2N1. The first-order valence-corrected chi connectivity index (χ1v) is 10.5. The predicted octanol–water partition coefficient (Wildman–Crippen LogP) is 5.18.